The van der Waals surface area contributed by atoms with Gasteiger partial charge in [0.1, 0.15) is 11.6 Å². The van der Waals surface area contributed by atoms with Gasteiger partial charge in [-0.3, -0.25) is 0 Å². The maximum absolute atomic E-state index is 13.2. The molecule has 5 heteroatoms. The summed E-state index contributed by atoms with van der Waals surface area (Å²) in [5.74, 6) is -0.734. The van der Waals surface area contributed by atoms with E-state index in [1.807, 2.05) is 22.6 Å². The minimum Gasteiger partial charge on any atom is -0.320 e. The Morgan fingerprint density at radius 1 is 1.00 bits per heavy atom. The average molecular weight is 380 g/mol. The van der Waals surface area contributed by atoms with E-state index in [4.69, 9.17) is 17.3 Å². The van der Waals surface area contributed by atoms with Crippen LogP contribution in [0.4, 0.5) is 8.78 Å². The van der Waals surface area contributed by atoms with Crippen LogP contribution in [0.25, 0.3) is 0 Å². The number of hydrogen-bond donors (Lipinski definition) is 1. The first-order chi connectivity index (χ1) is 8.49. The van der Waals surface area contributed by atoms with Crippen LogP contribution in [0.3, 0.4) is 0 Å². The Morgan fingerprint density at radius 3 is 2.28 bits per heavy atom. The monoisotopic (exact) mass is 379 g/mol. The zero-order valence-corrected chi connectivity index (χ0v) is 12.0. The van der Waals surface area contributed by atoms with Gasteiger partial charge in [0, 0.05) is 8.59 Å². The first-order valence-corrected chi connectivity index (χ1v) is 6.60. The van der Waals surface area contributed by atoms with E-state index < -0.39 is 11.9 Å². The molecule has 0 spiro atoms. The van der Waals surface area contributed by atoms with Crippen LogP contribution in [0.1, 0.15) is 17.2 Å². The molecule has 2 aromatic carbocycles. The van der Waals surface area contributed by atoms with Crippen molar-refractivity contribution in [3.63, 3.8) is 0 Å². The van der Waals surface area contributed by atoms with Crippen LogP contribution >= 0.6 is 34.2 Å². The molecular weight excluding hydrogens is 371 g/mol. The van der Waals surface area contributed by atoms with Crippen molar-refractivity contribution >= 4 is 34.2 Å². The molecule has 2 rings (SSSR count). The first kappa shape index (κ1) is 13.7. The second-order valence-electron chi connectivity index (χ2n) is 3.81. The van der Waals surface area contributed by atoms with Gasteiger partial charge in [-0.2, -0.15) is 0 Å². The van der Waals surface area contributed by atoms with Crippen molar-refractivity contribution < 1.29 is 8.78 Å². The van der Waals surface area contributed by atoms with Crippen molar-refractivity contribution in [2.75, 3.05) is 0 Å². The maximum atomic E-state index is 13.2. The maximum Gasteiger partial charge on any atom is 0.124 e. The molecular formula is C13H9ClF2IN. The van der Waals surface area contributed by atoms with Gasteiger partial charge >= 0.3 is 0 Å². The van der Waals surface area contributed by atoms with Gasteiger partial charge in [-0.1, -0.05) is 17.7 Å². The van der Waals surface area contributed by atoms with E-state index in [1.54, 1.807) is 6.07 Å². The fraction of sp³-hybridized carbons (Fsp3) is 0.0769. The zero-order chi connectivity index (χ0) is 13.3. The molecule has 0 aliphatic carbocycles. The van der Waals surface area contributed by atoms with Crippen LogP contribution in [-0.2, 0) is 0 Å². The van der Waals surface area contributed by atoms with Gasteiger partial charge < -0.3 is 5.73 Å². The van der Waals surface area contributed by atoms with E-state index in [0.29, 0.717) is 19.7 Å². The Kier molecular flexibility index (Phi) is 4.19. The molecule has 0 amide bonds. The highest BCUT2D eigenvalue weighted by Gasteiger charge is 2.16. The molecule has 0 aliphatic heterocycles. The Hall–Kier alpha value is -0.720. The lowest BCUT2D eigenvalue weighted by molar-refractivity contribution is 0.621. The Balaban J connectivity index is 2.47. The van der Waals surface area contributed by atoms with Crippen LogP contribution in [0.5, 0.6) is 0 Å². The lowest BCUT2D eigenvalue weighted by Gasteiger charge is -2.16. The number of nitrogens with two attached hydrogens (primary N) is 1. The van der Waals surface area contributed by atoms with Crippen LogP contribution in [0.2, 0.25) is 5.02 Å². The van der Waals surface area contributed by atoms with Crippen molar-refractivity contribution in [3.05, 3.63) is 67.8 Å². The highest BCUT2D eigenvalue weighted by atomic mass is 127. The SMILES string of the molecule is NC(c1cc(F)ccc1Cl)c1ccc(F)cc1I. The zero-order valence-electron chi connectivity index (χ0n) is 9.13. The summed E-state index contributed by atoms with van der Waals surface area (Å²) in [6.45, 7) is 0. The van der Waals surface area contributed by atoms with Gasteiger partial charge in [0.15, 0.2) is 0 Å². The lowest BCUT2D eigenvalue weighted by atomic mass is 9.99. The summed E-state index contributed by atoms with van der Waals surface area (Å²) in [4.78, 5) is 0. The number of hydrogen-bond acceptors (Lipinski definition) is 1. The Labute approximate surface area is 122 Å². The van der Waals surface area contributed by atoms with E-state index in [-0.39, 0.29) is 5.82 Å². The summed E-state index contributed by atoms with van der Waals surface area (Å²) in [5.41, 5.74) is 7.26. The Bertz CT molecular complexity index is 589. The molecule has 0 bridgehead atoms. The van der Waals surface area contributed by atoms with Gasteiger partial charge in [-0.25, -0.2) is 8.78 Å². The van der Waals surface area contributed by atoms with E-state index in [0.717, 1.165) is 0 Å². The molecule has 94 valence electrons. The highest BCUT2D eigenvalue weighted by molar-refractivity contribution is 14.1. The number of benzene rings is 2. The molecule has 0 heterocycles. The molecule has 1 atom stereocenters. The predicted molar refractivity (Wildman–Crippen MR) is 76.6 cm³/mol. The third-order valence-electron chi connectivity index (χ3n) is 2.59. The molecule has 0 saturated heterocycles. The minimum absolute atomic E-state index is 0.333. The fourth-order valence-electron chi connectivity index (χ4n) is 1.67. The topological polar surface area (TPSA) is 26.0 Å². The van der Waals surface area contributed by atoms with E-state index >= 15 is 0 Å². The quantitative estimate of drug-likeness (QED) is 0.775. The van der Waals surface area contributed by atoms with Crippen molar-refractivity contribution in [2.24, 2.45) is 5.73 Å². The molecule has 2 aromatic rings. The van der Waals surface area contributed by atoms with Gasteiger partial charge in [-0.05, 0) is 64.0 Å². The van der Waals surface area contributed by atoms with E-state index in [1.165, 1.54) is 30.3 Å². The largest absolute Gasteiger partial charge is 0.320 e. The van der Waals surface area contributed by atoms with Crippen molar-refractivity contribution in [1.82, 2.24) is 0 Å². The minimum atomic E-state index is -0.583. The molecule has 2 N–H and O–H groups in total. The molecule has 18 heavy (non-hydrogen) atoms. The van der Waals surface area contributed by atoms with Crippen molar-refractivity contribution in [3.8, 4) is 0 Å². The van der Waals surface area contributed by atoms with Crippen LogP contribution < -0.4 is 5.73 Å². The fourth-order valence-corrected chi connectivity index (χ4v) is 2.72. The second kappa shape index (κ2) is 5.50. The van der Waals surface area contributed by atoms with Crippen molar-refractivity contribution in [2.45, 2.75) is 6.04 Å². The summed E-state index contributed by atoms with van der Waals surface area (Å²) < 4.78 is 26.9. The summed E-state index contributed by atoms with van der Waals surface area (Å²) in [6, 6.07) is 7.74. The number of halogens is 4. The lowest BCUT2D eigenvalue weighted by Crippen LogP contribution is -2.14. The second-order valence-corrected chi connectivity index (χ2v) is 5.38. The molecule has 1 unspecified atom stereocenters. The van der Waals surface area contributed by atoms with Crippen LogP contribution in [-0.4, -0.2) is 0 Å². The third kappa shape index (κ3) is 2.81. The van der Waals surface area contributed by atoms with Gasteiger partial charge in [0.05, 0.1) is 6.04 Å². The average Bonchev–Trinajstić information content (AvgIpc) is 2.31. The van der Waals surface area contributed by atoms with Crippen LogP contribution in [0, 0.1) is 15.2 Å². The van der Waals surface area contributed by atoms with Crippen LogP contribution in [0.15, 0.2) is 36.4 Å². The summed E-state index contributed by atoms with van der Waals surface area (Å²) in [7, 11) is 0. The van der Waals surface area contributed by atoms with Gasteiger partial charge in [0.25, 0.3) is 0 Å². The molecule has 0 aromatic heterocycles. The van der Waals surface area contributed by atoms with Gasteiger partial charge in [0.2, 0.25) is 0 Å². The first-order valence-electron chi connectivity index (χ1n) is 5.14. The summed E-state index contributed by atoms with van der Waals surface area (Å²) in [5, 5.41) is 0.393. The predicted octanol–water partition coefficient (Wildman–Crippen LogP) is 4.27. The summed E-state index contributed by atoms with van der Waals surface area (Å²) in [6.07, 6.45) is 0. The molecule has 0 aliphatic rings. The Morgan fingerprint density at radius 2 is 1.61 bits per heavy atom. The van der Waals surface area contributed by atoms with E-state index in [9.17, 15) is 8.78 Å². The summed E-state index contributed by atoms with van der Waals surface area (Å²) >= 11 is 7.99. The highest BCUT2D eigenvalue weighted by Crippen LogP contribution is 2.30. The van der Waals surface area contributed by atoms with Gasteiger partial charge in [-0.15, -0.1) is 0 Å². The van der Waals surface area contributed by atoms with E-state index in [2.05, 4.69) is 0 Å². The smallest absolute Gasteiger partial charge is 0.124 e. The third-order valence-corrected chi connectivity index (χ3v) is 3.87. The molecule has 1 nitrogen and oxygen atoms in total. The molecule has 0 saturated carbocycles. The molecule has 0 fully saturated rings. The molecule has 0 radical (unpaired) electrons. The normalized spacial score (nSPS) is 12.5. The number of rotatable bonds is 2. The van der Waals surface area contributed by atoms with Crippen molar-refractivity contribution in [1.29, 1.82) is 0 Å². The standard InChI is InChI=1S/C13H9ClF2IN/c14-11-4-2-7(15)5-10(11)13(18)9-3-1-8(16)6-12(9)17/h1-6,13H,18H2.